The van der Waals surface area contributed by atoms with Crippen LogP contribution in [0.5, 0.6) is 0 Å². The van der Waals surface area contributed by atoms with E-state index in [9.17, 15) is 4.79 Å². The first-order chi connectivity index (χ1) is 12.7. The van der Waals surface area contributed by atoms with E-state index in [4.69, 9.17) is 0 Å². The zero-order chi connectivity index (χ0) is 18.2. The lowest BCUT2D eigenvalue weighted by atomic mass is 10.1. The Morgan fingerprint density at radius 3 is 2.58 bits per heavy atom. The fourth-order valence-corrected chi connectivity index (χ4v) is 2.65. The molecule has 1 N–H and O–H groups in total. The van der Waals surface area contributed by atoms with Crippen LogP contribution in [-0.2, 0) is 11.2 Å². The number of nitrogens with zero attached hydrogens (tertiary/aromatic N) is 5. The molecule has 0 saturated carbocycles. The molecule has 0 fully saturated rings. The lowest BCUT2D eigenvalue weighted by Gasteiger charge is -2.19. The fraction of sp³-hybridized carbons (Fsp3) is 0.263. The molecule has 0 aliphatic rings. The molecular formula is C19H22N6O. The standard InChI is InChI=1S/C19H22N6O/c1-24(17-6-3-2-4-7-17)13-5-12-20-19(26)14-16-8-10-18(11-9-16)25-15-21-22-23-25/h2-4,6-11,15H,5,12-14H2,1H3,(H,20,26). The van der Waals surface area contributed by atoms with Gasteiger partial charge in [0.15, 0.2) is 0 Å². The van der Waals surface area contributed by atoms with Gasteiger partial charge in [-0.1, -0.05) is 30.3 Å². The number of amides is 1. The Balaban J connectivity index is 1.39. The van der Waals surface area contributed by atoms with Crippen LogP contribution >= 0.6 is 0 Å². The highest BCUT2D eigenvalue weighted by Gasteiger charge is 2.05. The Morgan fingerprint density at radius 1 is 1.12 bits per heavy atom. The van der Waals surface area contributed by atoms with Crippen LogP contribution in [0.4, 0.5) is 5.69 Å². The van der Waals surface area contributed by atoms with Gasteiger partial charge in [0.25, 0.3) is 0 Å². The largest absolute Gasteiger partial charge is 0.375 e. The number of anilines is 1. The number of para-hydroxylation sites is 1. The molecule has 7 nitrogen and oxygen atoms in total. The second-order valence-electron chi connectivity index (χ2n) is 6.06. The molecule has 3 rings (SSSR count). The van der Waals surface area contributed by atoms with Crippen LogP contribution in [0.2, 0.25) is 0 Å². The third-order valence-electron chi connectivity index (χ3n) is 4.10. The molecule has 0 spiro atoms. The monoisotopic (exact) mass is 350 g/mol. The Labute approximate surface area is 152 Å². The van der Waals surface area contributed by atoms with E-state index in [0.717, 1.165) is 24.2 Å². The summed E-state index contributed by atoms with van der Waals surface area (Å²) >= 11 is 0. The second-order valence-corrected chi connectivity index (χ2v) is 6.06. The van der Waals surface area contributed by atoms with Crippen molar-refractivity contribution in [2.45, 2.75) is 12.8 Å². The molecule has 0 radical (unpaired) electrons. The molecule has 0 unspecified atom stereocenters. The number of rotatable bonds is 8. The first-order valence-electron chi connectivity index (χ1n) is 8.57. The zero-order valence-corrected chi connectivity index (χ0v) is 14.7. The maximum atomic E-state index is 12.1. The summed E-state index contributed by atoms with van der Waals surface area (Å²) in [4.78, 5) is 14.3. The quantitative estimate of drug-likeness (QED) is 0.628. The van der Waals surface area contributed by atoms with Gasteiger partial charge in [0.2, 0.25) is 5.91 Å². The highest BCUT2D eigenvalue weighted by Crippen LogP contribution is 2.11. The number of carbonyl (C=O) groups is 1. The zero-order valence-electron chi connectivity index (χ0n) is 14.7. The minimum absolute atomic E-state index is 0.0301. The fourth-order valence-electron chi connectivity index (χ4n) is 2.65. The van der Waals surface area contributed by atoms with Gasteiger partial charge < -0.3 is 10.2 Å². The SMILES string of the molecule is CN(CCCNC(=O)Cc1ccc(-n2cnnn2)cc1)c1ccccc1. The van der Waals surface area contributed by atoms with E-state index < -0.39 is 0 Å². The predicted molar refractivity (Wildman–Crippen MR) is 100 cm³/mol. The summed E-state index contributed by atoms with van der Waals surface area (Å²) in [6.07, 6.45) is 2.80. The molecule has 7 heteroatoms. The van der Waals surface area contributed by atoms with E-state index in [1.165, 1.54) is 12.0 Å². The molecule has 0 atom stereocenters. The summed E-state index contributed by atoms with van der Waals surface area (Å²) in [5.41, 5.74) is 3.00. The van der Waals surface area contributed by atoms with Crippen molar-refractivity contribution in [2.75, 3.05) is 25.0 Å². The number of benzene rings is 2. The molecule has 1 heterocycles. The minimum Gasteiger partial charge on any atom is -0.375 e. The molecule has 2 aromatic carbocycles. The van der Waals surface area contributed by atoms with Crippen molar-refractivity contribution in [1.29, 1.82) is 0 Å². The van der Waals surface area contributed by atoms with Gasteiger partial charge in [-0.05, 0) is 46.7 Å². The van der Waals surface area contributed by atoms with Crippen molar-refractivity contribution in [1.82, 2.24) is 25.5 Å². The van der Waals surface area contributed by atoms with Crippen LogP contribution in [0.3, 0.4) is 0 Å². The summed E-state index contributed by atoms with van der Waals surface area (Å²) in [6.45, 7) is 1.56. The Morgan fingerprint density at radius 2 is 1.88 bits per heavy atom. The van der Waals surface area contributed by atoms with E-state index >= 15 is 0 Å². The van der Waals surface area contributed by atoms with Crippen LogP contribution in [0.1, 0.15) is 12.0 Å². The number of nitrogens with one attached hydrogen (secondary N) is 1. The highest BCUT2D eigenvalue weighted by atomic mass is 16.1. The van der Waals surface area contributed by atoms with Gasteiger partial charge in [-0.25, -0.2) is 4.68 Å². The topological polar surface area (TPSA) is 75.9 Å². The lowest BCUT2D eigenvalue weighted by Crippen LogP contribution is -2.29. The maximum absolute atomic E-state index is 12.1. The molecule has 3 aromatic rings. The van der Waals surface area contributed by atoms with Crippen LogP contribution in [0, 0.1) is 0 Å². The number of hydrogen-bond acceptors (Lipinski definition) is 5. The molecule has 0 aliphatic carbocycles. The van der Waals surface area contributed by atoms with Gasteiger partial charge >= 0.3 is 0 Å². The average molecular weight is 350 g/mol. The van der Waals surface area contributed by atoms with Crippen LogP contribution in [0.15, 0.2) is 60.9 Å². The first-order valence-corrected chi connectivity index (χ1v) is 8.57. The van der Waals surface area contributed by atoms with Crippen molar-refractivity contribution in [2.24, 2.45) is 0 Å². The van der Waals surface area contributed by atoms with Crippen molar-refractivity contribution < 1.29 is 4.79 Å². The second kappa shape index (κ2) is 8.75. The van der Waals surface area contributed by atoms with Gasteiger partial charge in [-0.2, -0.15) is 0 Å². The summed E-state index contributed by atoms with van der Waals surface area (Å²) in [7, 11) is 2.06. The molecule has 0 aliphatic heterocycles. The van der Waals surface area contributed by atoms with Crippen molar-refractivity contribution in [3.8, 4) is 5.69 Å². The molecule has 1 amide bonds. The molecular weight excluding hydrogens is 328 g/mol. The van der Waals surface area contributed by atoms with Crippen molar-refractivity contribution in [3.63, 3.8) is 0 Å². The predicted octanol–water partition coefficient (Wildman–Crippen LogP) is 1.85. The Bertz CT molecular complexity index is 802. The van der Waals surface area contributed by atoms with Crippen LogP contribution in [0.25, 0.3) is 5.69 Å². The molecule has 134 valence electrons. The number of carbonyl (C=O) groups excluding carboxylic acids is 1. The van der Waals surface area contributed by atoms with Crippen molar-refractivity contribution in [3.05, 3.63) is 66.5 Å². The van der Waals surface area contributed by atoms with Crippen LogP contribution < -0.4 is 10.2 Å². The smallest absolute Gasteiger partial charge is 0.224 e. The van der Waals surface area contributed by atoms with E-state index in [0.29, 0.717) is 13.0 Å². The van der Waals surface area contributed by atoms with Gasteiger partial charge in [-0.15, -0.1) is 5.10 Å². The van der Waals surface area contributed by atoms with Gasteiger partial charge in [0.1, 0.15) is 6.33 Å². The summed E-state index contributed by atoms with van der Waals surface area (Å²) in [6, 6.07) is 17.8. The van der Waals surface area contributed by atoms with Gasteiger partial charge in [-0.3, -0.25) is 4.79 Å². The normalized spacial score (nSPS) is 10.5. The van der Waals surface area contributed by atoms with Gasteiger partial charge in [0.05, 0.1) is 12.1 Å². The minimum atomic E-state index is 0.0301. The Hall–Kier alpha value is -3.22. The lowest BCUT2D eigenvalue weighted by molar-refractivity contribution is -0.120. The summed E-state index contributed by atoms with van der Waals surface area (Å²) in [5, 5.41) is 14.0. The first kappa shape index (κ1) is 17.6. The number of tetrazole rings is 1. The third kappa shape index (κ3) is 4.89. The summed E-state index contributed by atoms with van der Waals surface area (Å²) in [5.74, 6) is 0.0301. The molecule has 26 heavy (non-hydrogen) atoms. The van der Waals surface area contributed by atoms with E-state index in [-0.39, 0.29) is 5.91 Å². The van der Waals surface area contributed by atoms with Crippen LogP contribution in [-0.4, -0.2) is 46.3 Å². The number of hydrogen-bond donors (Lipinski definition) is 1. The van der Waals surface area contributed by atoms with E-state index in [1.54, 1.807) is 4.68 Å². The highest BCUT2D eigenvalue weighted by molar-refractivity contribution is 5.78. The molecule has 1 aromatic heterocycles. The third-order valence-corrected chi connectivity index (χ3v) is 4.10. The maximum Gasteiger partial charge on any atom is 0.224 e. The van der Waals surface area contributed by atoms with E-state index in [2.05, 4.69) is 44.9 Å². The van der Waals surface area contributed by atoms with E-state index in [1.807, 2.05) is 42.5 Å². The van der Waals surface area contributed by atoms with Gasteiger partial charge in [0, 0.05) is 25.8 Å². The summed E-state index contributed by atoms with van der Waals surface area (Å²) < 4.78 is 1.58. The average Bonchev–Trinajstić information content (AvgIpc) is 3.21. The van der Waals surface area contributed by atoms with Crippen molar-refractivity contribution >= 4 is 11.6 Å². The molecule has 0 bridgehead atoms. The number of aromatic nitrogens is 4. The molecule has 0 saturated heterocycles. The Kier molecular flexibility index (Phi) is 5.92.